The van der Waals surface area contributed by atoms with Crippen molar-refractivity contribution in [1.29, 1.82) is 5.26 Å². The van der Waals surface area contributed by atoms with Gasteiger partial charge in [0.25, 0.3) is 10.2 Å². The van der Waals surface area contributed by atoms with E-state index in [1.54, 1.807) is 6.07 Å². The van der Waals surface area contributed by atoms with Gasteiger partial charge in [-0.05, 0) is 26.0 Å². The minimum atomic E-state index is -3.67. The lowest BCUT2D eigenvalue weighted by molar-refractivity contribution is 0.599. The number of nitrogens with one attached hydrogen (secondary N) is 1. The Hall–Kier alpha value is -1.82. The third-order valence-electron chi connectivity index (χ3n) is 1.65. The number of benzene rings is 1. The lowest BCUT2D eigenvalue weighted by Gasteiger charge is -2.12. The van der Waals surface area contributed by atoms with Crippen LogP contribution in [0.4, 0.5) is 11.4 Å². The minimum absolute atomic E-state index is 0.300. The molecule has 0 atom stereocenters. The van der Waals surface area contributed by atoms with Crippen LogP contribution in [0.3, 0.4) is 0 Å². The first-order valence-corrected chi connectivity index (χ1v) is 6.61. The van der Waals surface area contributed by atoms with Crippen molar-refractivity contribution in [2.24, 2.45) is 10.3 Å². The predicted octanol–water partition coefficient (Wildman–Crippen LogP) is 0.109. The Balaban J connectivity index is 0.000000494. The van der Waals surface area contributed by atoms with Crippen LogP contribution in [-0.4, -0.2) is 14.5 Å². The molecule has 0 saturated carbocycles. The molecule has 8 heteroatoms. The van der Waals surface area contributed by atoms with Crippen molar-refractivity contribution < 1.29 is 8.42 Å². The normalized spacial score (nSPS) is 10.2. The number of nitriles is 1. The Kier molecular flexibility index (Phi) is 6.12. The van der Waals surface area contributed by atoms with Crippen molar-refractivity contribution in [1.82, 2.24) is 0 Å². The van der Waals surface area contributed by atoms with Gasteiger partial charge in [-0.3, -0.25) is 0 Å². The van der Waals surface area contributed by atoms with Gasteiger partial charge in [0.2, 0.25) is 0 Å². The summed E-state index contributed by atoms with van der Waals surface area (Å²) >= 11 is 0. The van der Waals surface area contributed by atoms with E-state index in [1.165, 1.54) is 0 Å². The van der Waals surface area contributed by atoms with E-state index < -0.39 is 10.2 Å². The first-order chi connectivity index (χ1) is 8.15. The van der Waals surface area contributed by atoms with E-state index in [-0.39, 0.29) is 0 Å². The fourth-order valence-electron chi connectivity index (χ4n) is 1.13. The van der Waals surface area contributed by atoms with Gasteiger partial charge in [0.15, 0.2) is 0 Å². The number of nitrogens with two attached hydrogens (primary N) is 3. The van der Waals surface area contributed by atoms with Gasteiger partial charge in [-0.15, -0.1) is 0 Å². The summed E-state index contributed by atoms with van der Waals surface area (Å²) < 4.78 is 18.4. The Labute approximate surface area is 107 Å². The van der Waals surface area contributed by atoms with E-state index in [9.17, 15) is 8.42 Å². The maximum absolute atomic E-state index is 9.19. The molecule has 0 aliphatic heterocycles. The van der Waals surface area contributed by atoms with Gasteiger partial charge in [0, 0.05) is 6.04 Å². The van der Waals surface area contributed by atoms with Crippen molar-refractivity contribution in [3.05, 3.63) is 23.8 Å². The van der Waals surface area contributed by atoms with Crippen LogP contribution < -0.4 is 21.3 Å². The van der Waals surface area contributed by atoms with Crippen molar-refractivity contribution in [3.63, 3.8) is 0 Å². The van der Waals surface area contributed by atoms with E-state index >= 15 is 0 Å². The maximum atomic E-state index is 9.19. The van der Waals surface area contributed by atoms with Crippen molar-refractivity contribution in [3.8, 4) is 6.07 Å². The molecule has 0 aliphatic rings. The van der Waals surface area contributed by atoms with Crippen LogP contribution in [0, 0.1) is 11.3 Å². The molecule has 0 spiro atoms. The third-order valence-corrected chi connectivity index (χ3v) is 1.65. The number of nitrogens with zero attached hydrogens (tertiary/aromatic N) is 1. The molecule has 0 radical (unpaired) electrons. The number of hydrogen-bond acceptors (Lipinski definition) is 5. The lowest BCUT2D eigenvalue weighted by Crippen LogP contribution is -2.21. The molecule has 1 rings (SSSR count). The molecule has 0 bridgehead atoms. The molecule has 0 saturated heterocycles. The SMILES string of the molecule is CC(C)Nc1cccc(N)c1C#N.NS(N)(=O)=O. The van der Waals surface area contributed by atoms with E-state index in [4.69, 9.17) is 11.0 Å². The lowest BCUT2D eigenvalue weighted by atomic mass is 10.1. The average Bonchev–Trinajstić information content (AvgIpc) is 2.14. The summed E-state index contributed by atoms with van der Waals surface area (Å²) in [6.07, 6.45) is 0. The van der Waals surface area contributed by atoms with Crippen LogP contribution in [0.15, 0.2) is 18.2 Å². The first-order valence-electron chi connectivity index (χ1n) is 5.00. The Bertz CT molecular complexity index is 526. The van der Waals surface area contributed by atoms with E-state index in [1.807, 2.05) is 26.0 Å². The van der Waals surface area contributed by atoms with Crippen LogP contribution in [0.25, 0.3) is 0 Å². The van der Waals surface area contributed by atoms with Gasteiger partial charge in [0.1, 0.15) is 6.07 Å². The summed E-state index contributed by atoms with van der Waals surface area (Å²) in [7, 11) is -3.67. The van der Waals surface area contributed by atoms with Gasteiger partial charge in [-0.1, -0.05) is 6.07 Å². The van der Waals surface area contributed by atoms with Gasteiger partial charge in [-0.25, -0.2) is 10.3 Å². The highest BCUT2D eigenvalue weighted by Crippen LogP contribution is 2.21. The standard InChI is InChI=1S/C10H13N3.H4N2O2S/c1-7(2)13-10-5-3-4-9(12)8(10)6-11;1-5(2,3)4/h3-5,7,13H,12H2,1-2H3;(H4,1,2,3,4). The van der Waals surface area contributed by atoms with Crippen LogP contribution in [0.2, 0.25) is 0 Å². The maximum Gasteiger partial charge on any atom is 0.271 e. The summed E-state index contributed by atoms with van der Waals surface area (Å²) in [6.45, 7) is 4.04. The molecule has 7 N–H and O–H groups in total. The zero-order valence-corrected chi connectivity index (χ0v) is 11.0. The largest absolute Gasteiger partial charge is 0.398 e. The topological polar surface area (TPSA) is 148 Å². The van der Waals surface area contributed by atoms with Crippen molar-refractivity contribution >= 4 is 21.6 Å². The molecule has 18 heavy (non-hydrogen) atoms. The second kappa shape index (κ2) is 6.80. The molecule has 1 aromatic carbocycles. The van der Waals surface area contributed by atoms with Crippen LogP contribution in [-0.2, 0) is 10.2 Å². The molecular weight excluding hydrogens is 254 g/mol. The zero-order valence-electron chi connectivity index (χ0n) is 10.2. The average molecular weight is 271 g/mol. The van der Waals surface area contributed by atoms with E-state index in [0.717, 1.165) is 5.69 Å². The molecule has 0 heterocycles. The smallest absolute Gasteiger partial charge is 0.271 e. The predicted molar refractivity (Wildman–Crippen MR) is 71.6 cm³/mol. The highest BCUT2D eigenvalue weighted by atomic mass is 32.2. The summed E-state index contributed by atoms with van der Waals surface area (Å²) in [6, 6.07) is 7.80. The summed E-state index contributed by atoms with van der Waals surface area (Å²) in [4.78, 5) is 0. The van der Waals surface area contributed by atoms with Crippen molar-refractivity contribution in [2.75, 3.05) is 11.1 Å². The molecule has 0 aliphatic carbocycles. The monoisotopic (exact) mass is 271 g/mol. The summed E-state index contributed by atoms with van der Waals surface area (Å²) in [5.74, 6) is 0. The number of rotatable bonds is 2. The number of hydrogen-bond donors (Lipinski definition) is 4. The molecule has 0 aromatic heterocycles. The highest BCUT2D eigenvalue weighted by Gasteiger charge is 2.05. The fraction of sp³-hybridized carbons (Fsp3) is 0.300. The Morgan fingerprint density at radius 1 is 1.33 bits per heavy atom. The minimum Gasteiger partial charge on any atom is -0.398 e. The molecule has 0 fully saturated rings. The molecule has 7 nitrogen and oxygen atoms in total. The number of anilines is 2. The molecule has 0 unspecified atom stereocenters. The molecular formula is C10H17N5O2S. The second-order valence-corrected chi connectivity index (χ2v) is 4.95. The van der Waals surface area contributed by atoms with Crippen LogP contribution >= 0.6 is 0 Å². The van der Waals surface area contributed by atoms with Gasteiger partial charge < -0.3 is 11.1 Å². The fourth-order valence-corrected chi connectivity index (χ4v) is 1.13. The molecule has 0 amide bonds. The second-order valence-electron chi connectivity index (χ2n) is 3.77. The van der Waals surface area contributed by atoms with Gasteiger partial charge in [-0.2, -0.15) is 13.7 Å². The number of nitrogen functional groups attached to an aromatic ring is 1. The van der Waals surface area contributed by atoms with Gasteiger partial charge >= 0.3 is 0 Å². The molecule has 1 aromatic rings. The van der Waals surface area contributed by atoms with Gasteiger partial charge in [0.05, 0.1) is 16.9 Å². The summed E-state index contributed by atoms with van der Waals surface area (Å²) in [5.41, 5.74) is 7.49. The third kappa shape index (κ3) is 7.45. The molecule has 100 valence electrons. The van der Waals surface area contributed by atoms with E-state index in [0.29, 0.717) is 17.3 Å². The van der Waals surface area contributed by atoms with Crippen LogP contribution in [0.1, 0.15) is 19.4 Å². The zero-order chi connectivity index (χ0) is 14.3. The van der Waals surface area contributed by atoms with Crippen molar-refractivity contribution in [2.45, 2.75) is 19.9 Å². The first kappa shape index (κ1) is 16.2. The highest BCUT2D eigenvalue weighted by molar-refractivity contribution is 7.86. The van der Waals surface area contributed by atoms with E-state index in [2.05, 4.69) is 21.7 Å². The Morgan fingerprint density at radius 3 is 2.22 bits per heavy atom. The van der Waals surface area contributed by atoms with Crippen LogP contribution in [0.5, 0.6) is 0 Å². The summed E-state index contributed by atoms with van der Waals surface area (Å²) in [5, 5.41) is 20.2. The Morgan fingerprint density at radius 2 is 1.83 bits per heavy atom. The quantitative estimate of drug-likeness (QED) is 0.563.